The van der Waals surface area contributed by atoms with Gasteiger partial charge in [-0.2, -0.15) is 0 Å². The van der Waals surface area contributed by atoms with Crippen molar-refractivity contribution in [3.63, 3.8) is 0 Å². The number of ether oxygens (including phenoxy) is 1. The predicted molar refractivity (Wildman–Crippen MR) is 63.4 cm³/mol. The third-order valence-electron chi connectivity index (χ3n) is 2.21. The summed E-state index contributed by atoms with van der Waals surface area (Å²) in [6.07, 6.45) is 2.60. The van der Waals surface area contributed by atoms with Crippen LogP contribution >= 0.6 is 0 Å². The maximum absolute atomic E-state index is 11.7. The summed E-state index contributed by atoms with van der Waals surface area (Å²) in [5.74, 6) is -0.181. The van der Waals surface area contributed by atoms with E-state index in [2.05, 4.69) is 14.7 Å². The van der Waals surface area contributed by atoms with Crippen molar-refractivity contribution < 1.29 is 9.53 Å². The van der Waals surface area contributed by atoms with E-state index in [0.717, 1.165) is 0 Å². The van der Waals surface area contributed by atoms with Crippen LogP contribution in [0, 0.1) is 0 Å². The van der Waals surface area contributed by atoms with Crippen LogP contribution in [-0.4, -0.2) is 23.0 Å². The molecule has 1 aromatic heterocycles. The minimum atomic E-state index is -0.499. The van der Waals surface area contributed by atoms with Crippen molar-refractivity contribution in [3.8, 4) is 0 Å². The van der Waals surface area contributed by atoms with Gasteiger partial charge in [0.25, 0.3) is 5.56 Å². The zero-order chi connectivity index (χ0) is 12.3. The maximum Gasteiger partial charge on any atom is 0.330 e. The number of benzene rings is 1. The molecule has 1 aromatic carbocycles. The van der Waals surface area contributed by atoms with Crippen molar-refractivity contribution in [3.05, 3.63) is 46.5 Å². The molecule has 0 aliphatic carbocycles. The maximum atomic E-state index is 11.7. The quantitative estimate of drug-likeness (QED) is 0.619. The number of aromatic nitrogens is 2. The highest BCUT2D eigenvalue weighted by Gasteiger charge is 2.01. The molecule has 17 heavy (non-hydrogen) atoms. The molecule has 5 nitrogen and oxygen atoms in total. The molecule has 1 N–H and O–H groups in total. The second-order valence-corrected chi connectivity index (χ2v) is 3.32. The SMILES string of the molecule is COC(=O)/C=C/c1nc2ccccc2c(=O)[nH]1. The first-order valence-electron chi connectivity index (χ1n) is 4.96. The van der Waals surface area contributed by atoms with Crippen LogP contribution in [0.15, 0.2) is 35.1 Å². The predicted octanol–water partition coefficient (Wildman–Crippen LogP) is 1.11. The Morgan fingerprint density at radius 2 is 2.18 bits per heavy atom. The molecular formula is C12H10N2O3. The van der Waals surface area contributed by atoms with Gasteiger partial charge in [-0.1, -0.05) is 12.1 Å². The molecule has 0 fully saturated rings. The lowest BCUT2D eigenvalue weighted by molar-refractivity contribution is -0.134. The van der Waals surface area contributed by atoms with Gasteiger partial charge in [0.15, 0.2) is 0 Å². The molecule has 2 aromatic rings. The number of carbonyl (C=O) groups excluding carboxylic acids is 1. The van der Waals surface area contributed by atoms with E-state index in [9.17, 15) is 9.59 Å². The summed E-state index contributed by atoms with van der Waals surface area (Å²) in [6.45, 7) is 0. The highest BCUT2D eigenvalue weighted by molar-refractivity contribution is 5.86. The smallest absolute Gasteiger partial charge is 0.330 e. The zero-order valence-electron chi connectivity index (χ0n) is 9.14. The van der Waals surface area contributed by atoms with E-state index < -0.39 is 5.97 Å². The number of carbonyl (C=O) groups is 1. The van der Waals surface area contributed by atoms with E-state index in [1.807, 2.05) is 0 Å². The van der Waals surface area contributed by atoms with Crippen molar-refractivity contribution in [2.75, 3.05) is 7.11 Å². The van der Waals surface area contributed by atoms with Crippen LogP contribution in [0.1, 0.15) is 5.82 Å². The summed E-state index contributed by atoms with van der Waals surface area (Å²) in [5, 5.41) is 0.516. The van der Waals surface area contributed by atoms with E-state index in [0.29, 0.717) is 16.7 Å². The van der Waals surface area contributed by atoms with Crippen LogP contribution in [0.2, 0.25) is 0 Å². The van der Waals surface area contributed by atoms with Crippen molar-refractivity contribution >= 4 is 22.9 Å². The first-order valence-corrected chi connectivity index (χ1v) is 4.96. The number of H-pyrrole nitrogens is 1. The molecule has 0 bridgehead atoms. The highest BCUT2D eigenvalue weighted by atomic mass is 16.5. The number of hydrogen-bond acceptors (Lipinski definition) is 4. The number of rotatable bonds is 2. The molecule has 2 rings (SSSR count). The Balaban J connectivity index is 2.47. The molecule has 0 aliphatic rings. The van der Waals surface area contributed by atoms with Crippen molar-refractivity contribution in [1.29, 1.82) is 0 Å². The molecule has 0 spiro atoms. The number of esters is 1. The molecule has 5 heteroatoms. The van der Waals surface area contributed by atoms with Gasteiger partial charge in [0.2, 0.25) is 0 Å². The summed E-state index contributed by atoms with van der Waals surface area (Å²) in [4.78, 5) is 29.3. The fourth-order valence-electron chi connectivity index (χ4n) is 1.40. The second-order valence-electron chi connectivity index (χ2n) is 3.32. The number of hydrogen-bond donors (Lipinski definition) is 1. The molecule has 0 atom stereocenters. The van der Waals surface area contributed by atoms with Crippen LogP contribution in [-0.2, 0) is 9.53 Å². The molecular weight excluding hydrogens is 220 g/mol. The van der Waals surface area contributed by atoms with Gasteiger partial charge >= 0.3 is 5.97 Å². The Bertz CT molecular complexity index is 643. The van der Waals surface area contributed by atoms with Gasteiger partial charge in [-0.05, 0) is 18.2 Å². The monoisotopic (exact) mass is 230 g/mol. The van der Waals surface area contributed by atoms with Crippen LogP contribution in [0.5, 0.6) is 0 Å². The lowest BCUT2D eigenvalue weighted by Crippen LogP contribution is -2.09. The van der Waals surface area contributed by atoms with Gasteiger partial charge in [-0.25, -0.2) is 9.78 Å². The van der Waals surface area contributed by atoms with E-state index in [4.69, 9.17) is 0 Å². The van der Waals surface area contributed by atoms with E-state index in [-0.39, 0.29) is 5.56 Å². The normalized spacial score (nSPS) is 10.9. The van der Waals surface area contributed by atoms with Gasteiger partial charge in [-0.3, -0.25) is 4.79 Å². The highest BCUT2D eigenvalue weighted by Crippen LogP contribution is 2.06. The minimum Gasteiger partial charge on any atom is -0.466 e. The topological polar surface area (TPSA) is 72.0 Å². The van der Waals surface area contributed by atoms with E-state index in [1.165, 1.54) is 19.3 Å². The average Bonchev–Trinajstić information content (AvgIpc) is 2.36. The molecule has 0 saturated heterocycles. The molecule has 0 saturated carbocycles. The summed E-state index contributed by atoms with van der Waals surface area (Å²) in [5.41, 5.74) is 0.348. The Hall–Kier alpha value is -2.43. The lowest BCUT2D eigenvalue weighted by atomic mass is 10.2. The lowest BCUT2D eigenvalue weighted by Gasteiger charge is -1.97. The van der Waals surface area contributed by atoms with Crippen molar-refractivity contribution in [2.24, 2.45) is 0 Å². The molecule has 0 amide bonds. The van der Waals surface area contributed by atoms with Crippen LogP contribution in [0.25, 0.3) is 17.0 Å². The Morgan fingerprint density at radius 1 is 1.41 bits per heavy atom. The Morgan fingerprint density at radius 3 is 2.94 bits per heavy atom. The summed E-state index contributed by atoms with van der Waals surface area (Å²) in [7, 11) is 1.28. The number of nitrogens with zero attached hydrogens (tertiary/aromatic N) is 1. The first-order chi connectivity index (χ1) is 8.20. The molecule has 0 aliphatic heterocycles. The van der Waals surface area contributed by atoms with Crippen LogP contribution in [0.3, 0.4) is 0 Å². The largest absolute Gasteiger partial charge is 0.466 e. The standard InChI is InChI=1S/C12H10N2O3/c1-17-11(15)7-6-10-13-9-5-3-2-4-8(9)12(16)14-10/h2-7H,1H3,(H,13,14,16)/b7-6+. The average molecular weight is 230 g/mol. The van der Waals surface area contributed by atoms with Gasteiger partial charge in [0, 0.05) is 6.08 Å². The van der Waals surface area contributed by atoms with Crippen LogP contribution < -0.4 is 5.56 Å². The molecule has 86 valence electrons. The fourth-order valence-corrected chi connectivity index (χ4v) is 1.40. The summed E-state index contributed by atoms with van der Waals surface area (Å²) in [6, 6.07) is 6.99. The fraction of sp³-hybridized carbons (Fsp3) is 0.0833. The van der Waals surface area contributed by atoms with Crippen LogP contribution in [0.4, 0.5) is 0 Å². The zero-order valence-corrected chi connectivity index (χ0v) is 9.14. The van der Waals surface area contributed by atoms with E-state index >= 15 is 0 Å². The number of para-hydroxylation sites is 1. The Kier molecular flexibility index (Phi) is 3.00. The Labute approximate surface area is 96.8 Å². The van der Waals surface area contributed by atoms with Crippen molar-refractivity contribution in [1.82, 2.24) is 9.97 Å². The van der Waals surface area contributed by atoms with E-state index in [1.54, 1.807) is 24.3 Å². The van der Waals surface area contributed by atoms with Gasteiger partial charge in [0.05, 0.1) is 18.0 Å². The molecule has 0 radical (unpaired) electrons. The number of fused-ring (bicyclic) bond motifs is 1. The summed E-state index contributed by atoms with van der Waals surface area (Å²) >= 11 is 0. The number of methoxy groups -OCH3 is 1. The van der Waals surface area contributed by atoms with Crippen molar-refractivity contribution in [2.45, 2.75) is 0 Å². The summed E-state index contributed by atoms with van der Waals surface area (Å²) < 4.78 is 4.44. The number of aromatic amines is 1. The first kappa shape index (κ1) is 11.1. The molecule has 0 unspecified atom stereocenters. The second kappa shape index (κ2) is 4.61. The third-order valence-corrected chi connectivity index (χ3v) is 2.21. The van der Waals surface area contributed by atoms with Gasteiger partial charge < -0.3 is 9.72 Å². The van der Waals surface area contributed by atoms with Gasteiger partial charge in [0.1, 0.15) is 5.82 Å². The number of nitrogens with one attached hydrogen (secondary N) is 1. The molecule has 1 heterocycles. The third kappa shape index (κ3) is 2.39. The van der Waals surface area contributed by atoms with Gasteiger partial charge in [-0.15, -0.1) is 0 Å². The minimum absolute atomic E-state index is 0.236.